The summed E-state index contributed by atoms with van der Waals surface area (Å²) in [5.74, 6) is 0.420. The van der Waals surface area contributed by atoms with Gasteiger partial charge in [-0.25, -0.2) is 4.98 Å². The molecule has 0 unspecified atom stereocenters. The molecule has 0 saturated heterocycles. The molecule has 0 spiro atoms. The molecule has 2 heterocycles. The molecule has 2 rings (SSSR count). The number of nitrogen functional groups attached to an aromatic ring is 1. The summed E-state index contributed by atoms with van der Waals surface area (Å²) >= 11 is 0. The molecular formula is C10H10N4O. The summed E-state index contributed by atoms with van der Waals surface area (Å²) in [7, 11) is 0. The van der Waals surface area contributed by atoms with Crippen LogP contribution in [0.3, 0.4) is 0 Å². The number of hydrogen-bond donors (Lipinski definition) is 1. The lowest BCUT2D eigenvalue weighted by Gasteiger charge is -2.05. The molecule has 2 N–H and O–H groups in total. The van der Waals surface area contributed by atoms with Gasteiger partial charge in [0.05, 0.1) is 17.6 Å². The minimum Gasteiger partial charge on any atom is -0.470 e. The molecule has 15 heavy (non-hydrogen) atoms. The van der Waals surface area contributed by atoms with Crippen LogP contribution in [-0.2, 0) is 6.61 Å². The quantitative estimate of drug-likeness (QED) is 0.804. The molecule has 5 heteroatoms. The first-order chi connectivity index (χ1) is 7.36. The summed E-state index contributed by atoms with van der Waals surface area (Å²) in [5, 5.41) is 0. The van der Waals surface area contributed by atoms with Gasteiger partial charge >= 0.3 is 0 Å². The number of anilines is 1. The first-order valence-electron chi connectivity index (χ1n) is 4.44. The van der Waals surface area contributed by atoms with Gasteiger partial charge in [-0.3, -0.25) is 9.97 Å². The van der Waals surface area contributed by atoms with Crippen molar-refractivity contribution in [3.05, 3.63) is 42.6 Å². The Labute approximate surface area is 87.0 Å². The molecule has 5 nitrogen and oxygen atoms in total. The van der Waals surface area contributed by atoms with Gasteiger partial charge in [0.1, 0.15) is 6.61 Å². The van der Waals surface area contributed by atoms with Crippen LogP contribution in [0.25, 0.3) is 0 Å². The normalized spacial score (nSPS) is 9.87. The average Bonchev–Trinajstić information content (AvgIpc) is 2.29. The number of aromatic nitrogens is 3. The minimum absolute atomic E-state index is 0.315. The predicted octanol–water partition coefficient (Wildman–Crippen LogP) is 1.03. The Morgan fingerprint density at radius 2 is 2.13 bits per heavy atom. The van der Waals surface area contributed by atoms with E-state index in [1.807, 2.05) is 0 Å². The summed E-state index contributed by atoms with van der Waals surface area (Å²) < 4.78 is 5.38. The zero-order valence-electron chi connectivity index (χ0n) is 8.00. The van der Waals surface area contributed by atoms with Gasteiger partial charge in [-0.2, -0.15) is 0 Å². The molecular weight excluding hydrogens is 192 g/mol. The average molecular weight is 202 g/mol. The second kappa shape index (κ2) is 4.36. The van der Waals surface area contributed by atoms with Crippen LogP contribution in [0, 0.1) is 0 Å². The molecule has 0 aromatic carbocycles. The molecule has 76 valence electrons. The maximum atomic E-state index is 5.66. The second-order valence-electron chi connectivity index (χ2n) is 2.88. The SMILES string of the molecule is Nc1cccnc1OCc1cnccn1. The Bertz CT molecular complexity index is 432. The Hall–Kier alpha value is -2.17. The molecule has 0 atom stereocenters. The Morgan fingerprint density at radius 1 is 1.20 bits per heavy atom. The lowest BCUT2D eigenvalue weighted by Crippen LogP contribution is -2.02. The van der Waals surface area contributed by atoms with E-state index < -0.39 is 0 Å². The van der Waals surface area contributed by atoms with Crippen LogP contribution in [0.4, 0.5) is 5.69 Å². The van der Waals surface area contributed by atoms with E-state index in [9.17, 15) is 0 Å². The zero-order chi connectivity index (χ0) is 10.5. The first-order valence-corrected chi connectivity index (χ1v) is 4.44. The molecule has 0 aliphatic carbocycles. The Morgan fingerprint density at radius 3 is 2.87 bits per heavy atom. The van der Waals surface area contributed by atoms with Gasteiger partial charge in [-0.15, -0.1) is 0 Å². The molecule has 0 saturated carbocycles. The van der Waals surface area contributed by atoms with Crippen molar-refractivity contribution in [3.8, 4) is 5.88 Å². The smallest absolute Gasteiger partial charge is 0.237 e. The summed E-state index contributed by atoms with van der Waals surface area (Å²) in [4.78, 5) is 12.0. The molecule has 0 radical (unpaired) electrons. The molecule has 0 aliphatic rings. The van der Waals surface area contributed by atoms with E-state index in [2.05, 4.69) is 15.0 Å². The van der Waals surface area contributed by atoms with E-state index in [4.69, 9.17) is 10.5 Å². The standard InChI is InChI=1S/C10H10N4O/c11-9-2-1-3-14-10(9)15-7-8-6-12-4-5-13-8/h1-6H,7,11H2. The largest absolute Gasteiger partial charge is 0.470 e. The zero-order valence-corrected chi connectivity index (χ0v) is 8.00. The highest BCUT2D eigenvalue weighted by atomic mass is 16.5. The van der Waals surface area contributed by atoms with E-state index in [1.54, 1.807) is 36.9 Å². The van der Waals surface area contributed by atoms with Crippen LogP contribution >= 0.6 is 0 Å². The Balaban J connectivity index is 2.03. The highest BCUT2D eigenvalue weighted by Gasteiger charge is 2.01. The summed E-state index contributed by atoms with van der Waals surface area (Å²) in [5.41, 5.74) is 6.91. The summed E-state index contributed by atoms with van der Waals surface area (Å²) in [6, 6.07) is 3.49. The number of ether oxygens (including phenoxy) is 1. The summed E-state index contributed by atoms with van der Waals surface area (Å²) in [6.07, 6.45) is 6.49. The molecule has 0 fully saturated rings. The first kappa shape index (κ1) is 9.39. The van der Waals surface area contributed by atoms with E-state index in [-0.39, 0.29) is 0 Å². The predicted molar refractivity (Wildman–Crippen MR) is 55.0 cm³/mol. The fraction of sp³-hybridized carbons (Fsp3) is 0.100. The topological polar surface area (TPSA) is 73.9 Å². The van der Waals surface area contributed by atoms with Crippen molar-refractivity contribution in [3.63, 3.8) is 0 Å². The monoisotopic (exact) mass is 202 g/mol. The third-order valence-electron chi connectivity index (χ3n) is 1.77. The van der Waals surface area contributed by atoms with Crippen molar-refractivity contribution in [1.82, 2.24) is 15.0 Å². The number of nitrogens with two attached hydrogens (primary N) is 1. The lowest BCUT2D eigenvalue weighted by molar-refractivity contribution is 0.290. The van der Waals surface area contributed by atoms with Gasteiger partial charge in [0.25, 0.3) is 0 Å². The third kappa shape index (κ3) is 2.40. The maximum Gasteiger partial charge on any atom is 0.237 e. The third-order valence-corrected chi connectivity index (χ3v) is 1.77. The fourth-order valence-corrected chi connectivity index (χ4v) is 1.07. The van der Waals surface area contributed by atoms with Gasteiger partial charge in [0.2, 0.25) is 5.88 Å². The molecule has 0 aliphatic heterocycles. The fourth-order valence-electron chi connectivity index (χ4n) is 1.07. The summed E-state index contributed by atoms with van der Waals surface area (Å²) in [6.45, 7) is 0.315. The van der Waals surface area contributed by atoms with Crippen molar-refractivity contribution in [2.75, 3.05) is 5.73 Å². The molecule has 2 aromatic heterocycles. The van der Waals surface area contributed by atoms with Crippen LogP contribution in [0.1, 0.15) is 5.69 Å². The molecule has 2 aromatic rings. The number of rotatable bonds is 3. The van der Waals surface area contributed by atoms with E-state index in [1.165, 1.54) is 0 Å². The van der Waals surface area contributed by atoms with Gasteiger partial charge in [0, 0.05) is 18.6 Å². The number of nitrogens with zero attached hydrogens (tertiary/aromatic N) is 3. The Kier molecular flexibility index (Phi) is 2.73. The highest BCUT2D eigenvalue weighted by Crippen LogP contribution is 2.16. The maximum absolute atomic E-state index is 5.66. The number of hydrogen-bond acceptors (Lipinski definition) is 5. The van der Waals surface area contributed by atoms with Crippen molar-refractivity contribution in [1.29, 1.82) is 0 Å². The van der Waals surface area contributed by atoms with Crippen LogP contribution in [0.5, 0.6) is 5.88 Å². The molecule has 0 amide bonds. The van der Waals surface area contributed by atoms with Crippen LogP contribution in [-0.4, -0.2) is 15.0 Å². The van der Waals surface area contributed by atoms with E-state index >= 15 is 0 Å². The van der Waals surface area contributed by atoms with Gasteiger partial charge in [-0.1, -0.05) is 0 Å². The lowest BCUT2D eigenvalue weighted by atomic mass is 10.4. The minimum atomic E-state index is 0.315. The van der Waals surface area contributed by atoms with Crippen LogP contribution < -0.4 is 10.5 Å². The van der Waals surface area contributed by atoms with Gasteiger partial charge in [-0.05, 0) is 12.1 Å². The van der Waals surface area contributed by atoms with Gasteiger partial charge in [0.15, 0.2) is 0 Å². The van der Waals surface area contributed by atoms with Crippen molar-refractivity contribution >= 4 is 5.69 Å². The second-order valence-corrected chi connectivity index (χ2v) is 2.88. The van der Waals surface area contributed by atoms with Crippen molar-refractivity contribution < 1.29 is 4.74 Å². The number of pyridine rings is 1. The van der Waals surface area contributed by atoms with Crippen LogP contribution in [0.2, 0.25) is 0 Å². The van der Waals surface area contributed by atoms with Gasteiger partial charge < -0.3 is 10.5 Å². The van der Waals surface area contributed by atoms with Crippen LogP contribution in [0.15, 0.2) is 36.9 Å². The highest BCUT2D eigenvalue weighted by molar-refractivity contribution is 5.46. The van der Waals surface area contributed by atoms with Crippen molar-refractivity contribution in [2.24, 2.45) is 0 Å². The van der Waals surface area contributed by atoms with E-state index in [0.717, 1.165) is 5.69 Å². The van der Waals surface area contributed by atoms with E-state index in [0.29, 0.717) is 18.2 Å². The van der Waals surface area contributed by atoms with Crippen molar-refractivity contribution in [2.45, 2.75) is 6.61 Å². The molecule has 0 bridgehead atoms.